The lowest BCUT2D eigenvalue weighted by Gasteiger charge is -2.37. The average Bonchev–Trinajstić information content (AvgIpc) is 2.66. The number of benzene rings is 1. The van der Waals surface area contributed by atoms with Crippen LogP contribution in [0.5, 0.6) is 0 Å². The summed E-state index contributed by atoms with van der Waals surface area (Å²) in [6.45, 7) is 0.740. The van der Waals surface area contributed by atoms with Crippen molar-refractivity contribution in [1.29, 1.82) is 0 Å². The summed E-state index contributed by atoms with van der Waals surface area (Å²) in [6, 6.07) is 6.96. The van der Waals surface area contributed by atoms with Gasteiger partial charge in [-0.3, -0.25) is 0 Å². The van der Waals surface area contributed by atoms with E-state index in [1.807, 2.05) is 0 Å². The van der Waals surface area contributed by atoms with Crippen molar-refractivity contribution in [2.45, 2.75) is 43.7 Å². The van der Waals surface area contributed by atoms with Gasteiger partial charge in [-0.05, 0) is 55.4 Å². The first-order valence-electron chi connectivity index (χ1n) is 6.40. The highest BCUT2D eigenvalue weighted by Gasteiger charge is 2.35. The topological polar surface area (TPSA) is 32.3 Å². The zero-order valence-corrected chi connectivity index (χ0v) is 11.5. The molecular weight excluding hydrogens is 278 g/mol. The molecule has 2 aliphatic carbocycles. The summed E-state index contributed by atoms with van der Waals surface area (Å²) in [7, 11) is 0. The molecule has 3 rings (SSSR count). The first-order valence-corrected chi connectivity index (χ1v) is 7.20. The van der Waals surface area contributed by atoms with Crippen LogP contribution in [0.4, 0.5) is 0 Å². The van der Waals surface area contributed by atoms with Gasteiger partial charge in [0.2, 0.25) is 0 Å². The molecular formula is C14H18BrNO. The van der Waals surface area contributed by atoms with Gasteiger partial charge in [-0.15, -0.1) is 0 Å². The molecule has 0 aromatic heterocycles. The highest BCUT2D eigenvalue weighted by Crippen LogP contribution is 2.35. The van der Waals surface area contributed by atoms with Crippen LogP contribution < -0.4 is 5.32 Å². The van der Waals surface area contributed by atoms with Crippen LogP contribution in [0.1, 0.15) is 42.9 Å². The first kappa shape index (κ1) is 11.7. The highest BCUT2D eigenvalue weighted by atomic mass is 79.9. The Morgan fingerprint density at radius 3 is 2.94 bits per heavy atom. The van der Waals surface area contributed by atoms with Gasteiger partial charge in [-0.2, -0.15) is 0 Å². The molecule has 1 atom stereocenters. The molecule has 17 heavy (non-hydrogen) atoms. The number of hydrogen-bond donors (Lipinski definition) is 2. The number of halogens is 1. The Morgan fingerprint density at radius 2 is 2.24 bits per heavy atom. The monoisotopic (exact) mass is 295 g/mol. The summed E-state index contributed by atoms with van der Waals surface area (Å²) in [4.78, 5) is 0. The molecule has 2 N–H and O–H groups in total. The second-order valence-electron chi connectivity index (χ2n) is 5.39. The fourth-order valence-corrected chi connectivity index (χ4v) is 3.24. The summed E-state index contributed by atoms with van der Waals surface area (Å²) in [5.74, 6) is 0. The van der Waals surface area contributed by atoms with E-state index in [1.54, 1.807) is 0 Å². The lowest BCUT2D eigenvalue weighted by molar-refractivity contribution is -0.0332. The minimum atomic E-state index is -0.422. The van der Waals surface area contributed by atoms with Crippen molar-refractivity contribution < 1.29 is 5.11 Å². The van der Waals surface area contributed by atoms with Gasteiger partial charge < -0.3 is 10.4 Å². The molecule has 1 saturated carbocycles. The van der Waals surface area contributed by atoms with E-state index in [-0.39, 0.29) is 0 Å². The van der Waals surface area contributed by atoms with Gasteiger partial charge in [0.05, 0.1) is 5.60 Å². The second kappa shape index (κ2) is 4.38. The number of aliphatic hydroxyl groups is 1. The molecule has 1 aromatic carbocycles. The van der Waals surface area contributed by atoms with Crippen LogP contribution >= 0.6 is 15.9 Å². The number of rotatable bonds is 3. The zero-order valence-electron chi connectivity index (χ0n) is 9.88. The smallest absolute Gasteiger partial charge is 0.0771 e. The van der Waals surface area contributed by atoms with E-state index in [4.69, 9.17) is 0 Å². The summed E-state index contributed by atoms with van der Waals surface area (Å²) < 4.78 is 1.15. The molecule has 0 aliphatic heterocycles. The van der Waals surface area contributed by atoms with E-state index < -0.39 is 5.60 Å². The van der Waals surface area contributed by atoms with Gasteiger partial charge in [0.15, 0.2) is 0 Å². The Bertz CT molecular complexity index is 428. The standard InChI is InChI=1S/C14H18BrNO/c15-11-4-2-10-3-5-13(12(10)8-11)16-9-14(17)6-1-7-14/h2,4,8,13,16-17H,1,3,5-7,9H2. The Hall–Kier alpha value is -0.380. The van der Waals surface area contributed by atoms with E-state index in [9.17, 15) is 5.11 Å². The van der Waals surface area contributed by atoms with Gasteiger partial charge in [-0.1, -0.05) is 22.0 Å². The summed E-state index contributed by atoms with van der Waals surface area (Å²) in [6.07, 6.45) is 5.39. The van der Waals surface area contributed by atoms with Crippen LogP contribution in [0.2, 0.25) is 0 Å². The van der Waals surface area contributed by atoms with E-state index in [1.165, 1.54) is 17.5 Å². The highest BCUT2D eigenvalue weighted by molar-refractivity contribution is 9.10. The predicted octanol–water partition coefficient (Wildman–Crippen LogP) is 2.94. The molecule has 0 bridgehead atoms. The van der Waals surface area contributed by atoms with Crippen molar-refractivity contribution in [3.05, 3.63) is 33.8 Å². The number of hydrogen-bond acceptors (Lipinski definition) is 2. The minimum absolute atomic E-state index is 0.422. The Labute approximate surface area is 111 Å². The van der Waals surface area contributed by atoms with E-state index >= 15 is 0 Å². The summed E-state index contributed by atoms with van der Waals surface area (Å²) in [5.41, 5.74) is 2.43. The maximum atomic E-state index is 10.1. The van der Waals surface area contributed by atoms with Gasteiger partial charge in [0.25, 0.3) is 0 Å². The van der Waals surface area contributed by atoms with Crippen LogP contribution in [0.3, 0.4) is 0 Å². The number of aryl methyl sites for hydroxylation is 1. The third-order valence-corrected chi connectivity index (χ3v) is 4.64. The van der Waals surface area contributed by atoms with Gasteiger partial charge >= 0.3 is 0 Å². The van der Waals surface area contributed by atoms with Crippen LogP contribution in [-0.2, 0) is 6.42 Å². The first-order chi connectivity index (χ1) is 8.16. The van der Waals surface area contributed by atoms with Gasteiger partial charge in [-0.25, -0.2) is 0 Å². The number of nitrogens with one attached hydrogen (secondary N) is 1. The van der Waals surface area contributed by atoms with Crippen molar-refractivity contribution in [3.63, 3.8) is 0 Å². The SMILES string of the molecule is OC1(CNC2CCc3ccc(Br)cc32)CCC1. The molecule has 1 unspecified atom stereocenters. The van der Waals surface area contributed by atoms with E-state index in [0.29, 0.717) is 6.04 Å². The fourth-order valence-electron chi connectivity index (χ4n) is 2.86. The summed E-state index contributed by atoms with van der Waals surface area (Å²) >= 11 is 3.53. The van der Waals surface area contributed by atoms with Gasteiger partial charge in [0, 0.05) is 17.1 Å². The molecule has 0 saturated heterocycles. The van der Waals surface area contributed by atoms with Crippen molar-refractivity contribution >= 4 is 15.9 Å². The van der Waals surface area contributed by atoms with Crippen LogP contribution in [-0.4, -0.2) is 17.3 Å². The quantitative estimate of drug-likeness (QED) is 0.899. The second-order valence-corrected chi connectivity index (χ2v) is 6.31. The van der Waals surface area contributed by atoms with Crippen LogP contribution in [0.25, 0.3) is 0 Å². The third kappa shape index (κ3) is 2.28. The molecule has 0 spiro atoms. The van der Waals surface area contributed by atoms with E-state index in [2.05, 4.69) is 39.4 Å². The van der Waals surface area contributed by atoms with Gasteiger partial charge in [0.1, 0.15) is 0 Å². The Morgan fingerprint density at radius 1 is 1.41 bits per heavy atom. The fraction of sp³-hybridized carbons (Fsp3) is 0.571. The molecule has 0 heterocycles. The molecule has 3 heteroatoms. The lowest BCUT2D eigenvalue weighted by Crippen LogP contribution is -2.46. The van der Waals surface area contributed by atoms with Crippen molar-refractivity contribution in [2.75, 3.05) is 6.54 Å². The molecule has 0 radical (unpaired) electrons. The van der Waals surface area contributed by atoms with Crippen molar-refractivity contribution in [1.82, 2.24) is 5.32 Å². The molecule has 2 nitrogen and oxygen atoms in total. The van der Waals surface area contributed by atoms with Crippen molar-refractivity contribution in [2.24, 2.45) is 0 Å². The zero-order chi connectivity index (χ0) is 11.9. The molecule has 0 amide bonds. The predicted molar refractivity (Wildman–Crippen MR) is 72.0 cm³/mol. The molecule has 2 aliphatic rings. The van der Waals surface area contributed by atoms with Crippen LogP contribution in [0.15, 0.2) is 22.7 Å². The molecule has 92 valence electrons. The maximum absolute atomic E-state index is 10.1. The Balaban J connectivity index is 1.68. The van der Waals surface area contributed by atoms with E-state index in [0.717, 1.165) is 36.7 Å². The van der Waals surface area contributed by atoms with Crippen LogP contribution in [0, 0.1) is 0 Å². The lowest BCUT2D eigenvalue weighted by atomic mass is 9.80. The number of fused-ring (bicyclic) bond motifs is 1. The Kier molecular flexibility index (Phi) is 3.01. The summed E-state index contributed by atoms with van der Waals surface area (Å²) in [5, 5.41) is 13.6. The third-order valence-electron chi connectivity index (χ3n) is 4.15. The molecule has 1 aromatic rings. The normalized spacial score (nSPS) is 25.4. The minimum Gasteiger partial charge on any atom is -0.389 e. The average molecular weight is 296 g/mol. The largest absolute Gasteiger partial charge is 0.389 e. The molecule has 1 fully saturated rings. The maximum Gasteiger partial charge on any atom is 0.0771 e. The van der Waals surface area contributed by atoms with Crippen molar-refractivity contribution in [3.8, 4) is 0 Å².